The first-order valence-electron chi connectivity index (χ1n) is 6.16. The van der Waals surface area contributed by atoms with Gasteiger partial charge in [-0.2, -0.15) is 5.10 Å². The first kappa shape index (κ1) is 10.8. The van der Waals surface area contributed by atoms with E-state index in [2.05, 4.69) is 5.10 Å². The van der Waals surface area contributed by atoms with Crippen LogP contribution in [0.25, 0.3) is 16.6 Å². The van der Waals surface area contributed by atoms with Gasteiger partial charge in [0.2, 0.25) is 6.29 Å². The van der Waals surface area contributed by atoms with Crippen molar-refractivity contribution >= 4 is 10.9 Å². The van der Waals surface area contributed by atoms with Gasteiger partial charge in [0.15, 0.2) is 5.76 Å². The van der Waals surface area contributed by atoms with E-state index in [9.17, 15) is 0 Å². The Balaban J connectivity index is 1.71. The maximum atomic E-state index is 5.49. The van der Waals surface area contributed by atoms with E-state index in [1.807, 2.05) is 36.5 Å². The summed E-state index contributed by atoms with van der Waals surface area (Å²) in [5, 5.41) is 5.59. The molecule has 1 saturated heterocycles. The fourth-order valence-corrected chi connectivity index (χ4v) is 2.21. The Morgan fingerprint density at radius 1 is 1.16 bits per heavy atom. The van der Waals surface area contributed by atoms with Crippen LogP contribution in [-0.2, 0) is 9.47 Å². The molecule has 3 aromatic rings. The molecule has 5 nitrogen and oxygen atoms in total. The summed E-state index contributed by atoms with van der Waals surface area (Å²) in [5.74, 6) is 0.673. The Labute approximate surface area is 109 Å². The minimum absolute atomic E-state index is 0.390. The van der Waals surface area contributed by atoms with E-state index in [1.54, 1.807) is 10.9 Å². The molecular weight excluding hydrogens is 244 g/mol. The number of benzene rings is 1. The Bertz CT molecular complexity index is 677. The van der Waals surface area contributed by atoms with Crippen LogP contribution in [0, 0.1) is 0 Å². The number of furan rings is 1. The van der Waals surface area contributed by atoms with Crippen LogP contribution in [0.5, 0.6) is 0 Å². The number of ether oxygens (including phenoxy) is 2. The molecule has 96 valence electrons. The molecule has 4 rings (SSSR count). The lowest BCUT2D eigenvalue weighted by Gasteiger charge is -2.03. The van der Waals surface area contributed by atoms with Gasteiger partial charge in [-0.3, -0.25) is 0 Å². The van der Waals surface area contributed by atoms with Gasteiger partial charge in [0.25, 0.3) is 0 Å². The van der Waals surface area contributed by atoms with Crippen LogP contribution in [-0.4, -0.2) is 23.0 Å². The van der Waals surface area contributed by atoms with Crippen LogP contribution < -0.4 is 0 Å². The summed E-state index contributed by atoms with van der Waals surface area (Å²) >= 11 is 0. The molecule has 0 spiro atoms. The highest BCUT2D eigenvalue weighted by atomic mass is 16.7. The molecule has 0 aliphatic carbocycles. The summed E-state index contributed by atoms with van der Waals surface area (Å²) in [7, 11) is 0. The SMILES string of the molecule is c1ccc2nn(-c3coc(C4OCCO4)c3)cc2c1. The molecule has 0 unspecified atom stereocenters. The molecular formula is C14H12N2O3. The molecule has 3 heterocycles. The van der Waals surface area contributed by atoms with E-state index in [4.69, 9.17) is 13.9 Å². The van der Waals surface area contributed by atoms with Gasteiger partial charge in [-0.15, -0.1) is 0 Å². The number of nitrogens with zero attached hydrogens (tertiary/aromatic N) is 2. The molecule has 0 atom stereocenters. The number of rotatable bonds is 2. The molecule has 19 heavy (non-hydrogen) atoms. The van der Waals surface area contributed by atoms with Gasteiger partial charge in [0.1, 0.15) is 12.0 Å². The van der Waals surface area contributed by atoms with E-state index in [-0.39, 0.29) is 0 Å². The van der Waals surface area contributed by atoms with Crippen LogP contribution in [0.1, 0.15) is 12.1 Å². The van der Waals surface area contributed by atoms with Gasteiger partial charge >= 0.3 is 0 Å². The topological polar surface area (TPSA) is 49.4 Å². The van der Waals surface area contributed by atoms with Gasteiger partial charge in [-0.1, -0.05) is 18.2 Å². The van der Waals surface area contributed by atoms with Crippen molar-refractivity contribution in [2.75, 3.05) is 13.2 Å². The van der Waals surface area contributed by atoms with Gasteiger partial charge in [0, 0.05) is 17.6 Å². The van der Waals surface area contributed by atoms with Crippen molar-refractivity contribution in [1.82, 2.24) is 9.78 Å². The second kappa shape index (κ2) is 4.22. The summed E-state index contributed by atoms with van der Waals surface area (Å²) in [6.07, 6.45) is 3.24. The lowest BCUT2D eigenvalue weighted by Crippen LogP contribution is -1.96. The first-order chi connectivity index (χ1) is 9.40. The minimum Gasteiger partial charge on any atom is -0.462 e. The Morgan fingerprint density at radius 3 is 2.84 bits per heavy atom. The Hall–Kier alpha value is -2.11. The largest absolute Gasteiger partial charge is 0.462 e. The van der Waals surface area contributed by atoms with Crippen molar-refractivity contribution in [2.45, 2.75) is 6.29 Å². The first-order valence-corrected chi connectivity index (χ1v) is 6.16. The van der Waals surface area contributed by atoms with Crippen molar-refractivity contribution in [3.63, 3.8) is 0 Å². The third kappa shape index (κ3) is 1.83. The van der Waals surface area contributed by atoms with E-state index >= 15 is 0 Å². The third-order valence-corrected chi connectivity index (χ3v) is 3.14. The van der Waals surface area contributed by atoms with Crippen molar-refractivity contribution in [3.05, 3.63) is 48.6 Å². The zero-order valence-electron chi connectivity index (χ0n) is 10.2. The Morgan fingerprint density at radius 2 is 2.00 bits per heavy atom. The van der Waals surface area contributed by atoms with Crippen LogP contribution >= 0.6 is 0 Å². The van der Waals surface area contributed by atoms with Gasteiger partial charge in [0.05, 0.1) is 18.7 Å². The number of hydrogen-bond donors (Lipinski definition) is 0. The smallest absolute Gasteiger partial charge is 0.217 e. The summed E-state index contributed by atoms with van der Waals surface area (Å²) in [4.78, 5) is 0. The van der Waals surface area contributed by atoms with Crippen LogP contribution in [0.2, 0.25) is 0 Å². The standard InChI is InChI=1S/C14H12N2O3/c1-2-4-12-10(3-1)8-16(15-12)11-7-13(19-9-11)14-17-5-6-18-14/h1-4,7-9,14H,5-6H2. The quantitative estimate of drug-likeness (QED) is 0.707. The zero-order chi connectivity index (χ0) is 12.7. The summed E-state index contributed by atoms with van der Waals surface area (Å²) in [6, 6.07) is 9.87. The molecule has 0 saturated carbocycles. The Kier molecular flexibility index (Phi) is 2.39. The maximum absolute atomic E-state index is 5.49. The lowest BCUT2D eigenvalue weighted by atomic mass is 10.3. The van der Waals surface area contributed by atoms with Crippen molar-refractivity contribution in [1.29, 1.82) is 0 Å². The average molecular weight is 256 g/mol. The molecule has 1 aliphatic heterocycles. The van der Waals surface area contributed by atoms with Crippen molar-refractivity contribution in [3.8, 4) is 5.69 Å². The maximum Gasteiger partial charge on any atom is 0.217 e. The van der Waals surface area contributed by atoms with Gasteiger partial charge < -0.3 is 13.9 Å². The summed E-state index contributed by atoms with van der Waals surface area (Å²) < 4.78 is 18.1. The second-order valence-electron chi connectivity index (χ2n) is 4.41. The molecule has 0 radical (unpaired) electrons. The lowest BCUT2D eigenvalue weighted by molar-refractivity contribution is -0.0588. The highest BCUT2D eigenvalue weighted by molar-refractivity contribution is 5.78. The average Bonchev–Trinajstić information content (AvgIpc) is 3.17. The second-order valence-corrected chi connectivity index (χ2v) is 4.41. The fraction of sp³-hybridized carbons (Fsp3) is 0.214. The number of fused-ring (bicyclic) bond motifs is 1. The monoisotopic (exact) mass is 256 g/mol. The van der Waals surface area contributed by atoms with Crippen LogP contribution in [0.4, 0.5) is 0 Å². The predicted octanol–water partition coefficient (Wildman–Crippen LogP) is 2.66. The molecule has 0 bridgehead atoms. The zero-order valence-corrected chi connectivity index (χ0v) is 10.2. The molecule has 1 fully saturated rings. The highest BCUT2D eigenvalue weighted by Gasteiger charge is 2.22. The van der Waals surface area contributed by atoms with Gasteiger partial charge in [-0.25, -0.2) is 4.68 Å². The third-order valence-electron chi connectivity index (χ3n) is 3.14. The normalized spacial score (nSPS) is 16.4. The molecule has 1 aromatic carbocycles. The van der Waals surface area contributed by atoms with Crippen molar-refractivity contribution in [2.24, 2.45) is 0 Å². The predicted molar refractivity (Wildman–Crippen MR) is 68.0 cm³/mol. The highest BCUT2D eigenvalue weighted by Crippen LogP contribution is 2.26. The van der Waals surface area contributed by atoms with Crippen LogP contribution in [0.3, 0.4) is 0 Å². The fourth-order valence-electron chi connectivity index (χ4n) is 2.21. The molecule has 1 aliphatic rings. The molecule has 5 heteroatoms. The summed E-state index contributed by atoms with van der Waals surface area (Å²) in [5.41, 5.74) is 1.82. The number of aromatic nitrogens is 2. The molecule has 0 N–H and O–H groups in total. The van der Waals surface area contributed by atoms with Crippen LogP contribution in [0.15, 0.2) is 47.2 Å². The van der Waals surface area contributed by atoms with E-state index in [1.165, 1.54) is 0 Å². The molecule has 0 amide bonds. The molecule has 2 aromatic heterocycles. The minimum atomic E-state index is -0.390. The number of hydrogen-bond acceptors (Lipinski definition) is 4. The van der Waals surface area contributed by atoms with E-state index < -0.39 is 6.29 Å². The summed E-state index contributed by atoms with van der Waals surface area (Å²) in [6.45, 7) is 1.21. The van der Waals surface area contributed by atoms with E-state index in [0.717, 1.165) is 16.6 Å². The van der Waals surface area contributed by atoms with E-state index in [0.29, 0.717) is 19.0 Å². The van der Waals surface area contributed by atoms with Crippen molar-refractivity contribution < 1.29 is 13.9 Å². The van der Waals surface area contributed by atoms with Gasteiger partial charge in [-0.05, 0) is 6.07 Å².